The second-order valence-electron chi connectivity index (χ2n) is 5.99. The Morgan fingerprint density at radius 2 is 1.96 bits per heavy atom. The molecule has 1 fully saturated rings. The maximum atomic E-state index is 13.0. The van der Waals surface area contributed by atoms with Crippen molar-refractivity contribution < 1.29 is 21.6 Å². The van der Waals surface area contributed by atoms with E-state index in [1.807, 2.05) is 6.07 Å². The van der Waals surface area contributed by atoms with Crippen LogP contribution in [0.15, 0.2) is 24.3 Å². The van der Waals surface area contributed by atoms with Gasteiger partial charge in [0.2, 0.25) is 10.0 Å². The fourth-order valence-corrected chi connectivity index (χ4v) is 4.20. The number of alkyl halides is 3. The molecular formula is C14H16F3N3O2S. The molecule has 23 heavy (non-hydrogen) atoms. The van der Waals surface area contributed by atoms with Gasteiger partial charge in [0.15, 0.2) is 0 Å². The normalized spacial score (nSPS) is 17.8. The highest BCUT2D eigenvalue weighted by molar-refractivity contribution is 7.89. The maximum Gasteiger partial charge on any atom is 0.395 e. The predicted molar refractivity (Wildman–Crippen MR) is 79.1 cm³/mol. The average molecular weight is 347 g/mol. The van der Waals surface area contributed by atoms with Crippen LogP contribution in [-0.4, -0.2) is 41.7 Å². The van der Waals surface area contributed by atoms with Crippen LogP contribution in [0.1, 0.15) is 18.7 Å². The molecule has 1 aromatic heterocycles. The number of benzene rings is 1. The number of aromatic amines is 1. The lowest BCUT2D eigenvalue weighted by atomic mass is 10.1. The van der Waals surface area contributed by atoms with Crippen molar-refractivity contribution in [1.82, 2.24) is 14.3 Å². The fourth-order valence-electron chi connectivity index (χ4n) is 2.51. The summed E-state index contributed by atoms with van der Waals surface area (Å²) in [6.07, 6.45) is -4.75. The second-order valence-corrected chi connectivity index (χ2v) is 8.07. The van der Waals surface area contributed by atoms with Crippen LogP contribution in [0.3, 0.4) is 0 Å². The van der Waals surface area contributed by atoms with Gasteiger partial charge in [0.25, 0.3) is 0 Å². The summed E-state index contributed by atoms with van der Waals surface area (Å²) in [7, 11) is -2.75. The predicted octanol–water partition coefficient (Wildman–Crippen LogP) is 2.67. The molecule has 0 saturated heterocycles. The van der Waals surface area contributed by atoms with E-state index >= 15 is 0 Å². The standard InChI is InChI=1S/C14H16F3N3O2S/c1-20(8-12-18-10-4-2-3-5-11(10)19-12)23(21,22)9-13(6-7-13)14(15,16)17/h2-5H,6-9H2,1H3,(H,18,19). The Morgan fingerprint density at radius 3 is 2.52 bits per heavy atom. The molecule has 0 spiro atoms. The van der Waals surface area contributed by atoms with E-state index in [9.17, 15) is 21.6 Å². The van der Waals surface area contributed by atoms with Gasteiger partial charge in [-0.3, -0.25) is 0 Å². The van der Waals surface area contributed by atoms with Gasteiger partial charge in [-0.25, -0.2) is 13.4 Å². The lowest BCUT2D eigenvalue weighted by Gasteiger charge is -2.22. The van der Waals surface area contributed by atoms with Crippen molar-refractivity contribution in [3.8, 4) is 0 Å². The van der Waals surface area contributed by atoms with Gasteiger partial charge in [0.05, 0.1) is 28.7 Å². The van der Waals surface area contributed by atoms with E-state index in [4.69, 9.17) is 0 Å². The number of para-hydroxylation sites is 2. The first-order valence-electron chi connectivity index (χ1n) is 7.07. The summed E-state index contributed by atoms with van der Waals surface area (Å²) >= 11 is 0. The van der Waals surface area contributed by atoms with Gasteiger partial charge in [-0.05, 0) is 25.0 Å². The Hall–Kier alpha value is -1.61. The van der Waals surface area contributed by atoms with Gasteiger partial charge >= 0.3 is 6.18 Å². The summed E-state index contributed by atoms with van der Waals surface area (Å²) in [6, 6.07) is 7.17. The summed E-state index contributed by atoms with van der Waals surface area (Å²) in [4.78, 5) is 7.21. The van der Waals surface area contributed by atoms with E-state index in [2.05, 4.69) is 9.97 Å². The van der Waals surface area contributed by atoms with Crippen LogP contribution in [0.2, 0.25) is 0 Å². The second kappa shape index (κ2) is 5.20. The highest BCUT2D eigenvalue weighted by Gasteiger charge is 2.65. The van der Waals surface area contributed by atoms with E-state index in [-0.39, 0.29) is 19.4 Å². The minimum absolute atomic E-state index is 0.0923. The van der Waals surface area contributed by atoms with Crippen molar-refractivity contribution in [2.45, 2.75) is 25.6 Å². The average Bonchev–Trinajstić information content (AvgIpc) is 3.10. The number of nitrogens with zero attached hydrogens (tertiary/aromatic N) is 2. The Kier molecular flexibility index (Phi) is 3.68. The Labute approximate surface area is 131 Å². The highest BCUT2D eigenvalue weighted by Crippen LogP contribution is 2.58. The number of H-pyrrole nitrogens is 1. The number of hydrogen-bond acceptors (Lipinski definition) is 3. The van der Waals surface area contributed by atoms with Gasteiger partial charge in [0, 0.05) is 7.05 Å². The smallest absolute Gasteiger partial charge is 0.341 e. The van der Waals surface area contributed by atoms with Gasteiger partial charge in [-0.2, -0.15) is 17.5 Å². The Balaban J connectivity index is 1.75. The van der Waals surface area contributed by atoms with Crippen LogP contribution in [0.25, 0.3) is 11.0 Å². The molecule has 2 aromatic rings. The maximum absolute atomic E-state index is 13.0. The molecule has 0 amide bonds. The third kappa shape index (κ3) is 3.07. The molecule has 5 nitrogen and oxygen atoms in total. The number of rotatable bonds is 5. The van der Waals surface area contributed by atoms with Gasteiger partial charge in [-0.15, -0.1) is 0 Å². The van der Waals surface area contributed by atoms with Crippen LogP contribution in [0.5, 0.6) is 0 Å². The van der Waals surface area contributed by atoms with Crippen molar-refractivity contribution in [3.05, 3.63) is 30.1 Å². The first kappa shape index (κ1) is 16.3. The minimum Gasteiger partial charge on any atom is -0.341 e. The summed E-state index contributed by atoms with van der Waals surface area (Å²) in [5.74, 6) is -0.505. The monoisotopic (exact) mass is 347 g/mol. The van der Waals surface area contributed by atoms with Crippen LogP contribution in [-0.2, 0) is 16.6 Å². The lowest BCUT2D eigenvalue weighted by Crippen LogP contribution is -2.38. The molecule has 1 aromatic carbocycles. The minimum atomic E-state index is -4.49. The Bertz CT molecular complexity index is 792. The quantitative estimate of drug-likeness (QED) is 0.904. The molecule has 0 aliphatic heterocycles. The zero-order valence-electron chi connectivity index (χ0n) is 12.4. The van der Waals surface area contributed by atoms with E-state index in [1.165, 1.54) is 7.05 Å². The SMILES string of the molecule is CN(Cc1nc2ccccc2[nH]1)S(=O)(=O)CC1(C(F)(F)F)CC1. The number of aromatic nitrogens is 2. The topological polar surface area (TPSA) is 66.1 Å². The molecule has 3 rings (SSSR count). The molecule has 0 bridgehead atoms. The molecule has 9 heteroatoms. The summed E-state index contributed by atoms with van der Waals surface area (Å²) in [5, 5.41) is 0. The number of halogens is 3. The summed E-state index contributed by atoms with van der Waals surface area (Å²) in [6.45, 7) is -0.0923. The zero-order valence-corrected chi connectivity index (χ0v) is 13.2. The van der Waals surface area contributed by atoms with Crippen LogP contribution < -0.4 is 0 Å². The van der Waals surface area contributed by atoms with Gasteiger partial charge in [0.1, 0.15) is 5.82 Å². The van der Waals surface area contributed by atoms with E-state index in [0.29, 0.717) is 11.3 Å². The first-order valence-corrected chi connectivity index (χ1v) is 8.68. The number of fused-ring (bicyclic) bond motifs is 1. The van der Waals surface area contributed by atoms with Crippen molar-refractivity contribution >= 4 is 21.1 Å². The van der Waals surface area contributed by atoms with E-state index in [0.717, 1.165) is 9.82 Å². The van der Waals surface area contributed by atoms with Gasteiger partial charge in [-0.1, -0.05) is 12.1 Å². The highest BCUT2D eigenvalue weighted by atomic mass is 32.2. The number of nitrogens with one attached hydrogen (secondary N) is 1. The molecule has 1 N–H and O–H groups in total. The molecule has 126 valence electrons. The first-order chi connectivity index (χ1) is 10.6. The largest absolute Gasteiger partial charge is 0.395 e. The molecule has 0 atom stereocenters. The van der Waals surface area contributed by atoms with Crippen LogP contribution in [0.4, 0.5) is 13.2 Å². The summed E-state index contributed by atoms with van der Waals surface area (Å²) < 4.78 is 64.3. The Morgan fingerprint density at radius 1 is 1.30 bits per heavy atom. The molecule has 1 heterocycles. The molecule has 0 unspecified atom stereocenters. The molecular weight excluding hydrogens is 331 g/mol. The number of imidazole rings is 1. The molecule has 1 aliphatic rings. The number of hydrogen-bond donors (Lipinski definition) is 1. The van der Waals surface area contributed by atoms with Crippen molar-refractivity contribution in [1.29, 1.82) is 0 Å². The fraction of sp³-hybridized carbons (Fsp3) is 0.500. The summed E-state index contributed by atoms with van der Waals surface area (Å²) in [5.41, 5.74) is -0.641. The van der Waals surface area contributed by atoms with Gasteiger partial charge < -0.3 is 4.98 Å². The van der Waals surface area contributed by atoms with E-state index in [1.54, 1.807) is 18.2 Å². The van der Waals surface area contributed by atoms with E-state index < -0.39 is 27.4 Å². The van der Waals surface area contributed by atoms with Crippen molar-refractivity contribution in [3.63, 3.8) is 0 Å². The van der Waals surface area contributed by atoms with Crippen LogP contribution >= 0.6 is 0 Å². The molecule has 1 aliphatic carbocycles. The lowest BCUT2D eigenvalue weighted by molar-refractivity contribution is -0.180. The van der Waals surface area contributed by atoms with Crippen LogP contribution in [0, 0.1) is 5.41 Å². The molecule has 1 saturated carbocycles. The van der Waals surface area contributed by atoms with Crippen molar-refractivity contribution in [2.24, 2.45) is 5.41 Å². The third-order valence-electron chi connectivity index (χ3n) is 4.20. The molecule has 0 radical (unpaired) electrons. The number of sulfonamides is 1. The van der Waals surface area contributed by atoms with Crippen molar-refractivity contribution in [2.75, 3.05) is 12.8 Å². The third-order valence-corrected chi connectivity index (χ3v) is 6.20. The zero-order chi connectivity index (χ0) is 16.9.